The van der Waals surface area contributed by atoms with E-state index in [1.54, 1.807) is 14.2 Å². The van der Waals surface area contributed by atoms with Crippen molar-refractivity contribution in [3.63, 3.8) is 0 Å². The number of guanidine groups is 1. The summed E-state index contributed by atoms with van der Waals surface area (Å²) in [5, 5.41) is 6.70. The Bertz CT molecular complexity index is 808. The monoisotopic (exact) mass is 511 g/mol. The Hall–Kier alpha value is -2.00. The fourth-order valence-corrected chi connectivity index (χ4v) is 3.13. The van der Waals surface area contributed by atoms with Gasteiger partial charge < -0.3 is 24.8 Å². The Labute approximate surface area is 190 Å². The van der Waals surface area contributed by atoms with Crippen LogP contribution in [0.3, 0.4) is 0 Å². The molecule has 158 valence electrons. The highest BCUT2D eigenvalue weighted by Gasteiger charge is 2.18. The quantitative estimate of drug-likeness (QED) is 0.338. The van der Waals surface area contributed by atoms with E-state index in [-0.39, 0.29) is 30.1 Å². The van der Waals surface area contributed by atoms with E-state index in [4.69, 9.17) is 14.2 Å². The number of aryl methyl sites for hydroxylation is 1. The van der Waals surface area contributed by atoms with E-state index in [0.717, 1.165) is 41.6 Å². The first-order valence-corrected chi connectivity index (χ1v) is 9.60. The molecule has 2 aromatic carbocycles. The van der Waals surface area contributed by atoms with Crippen LogP contribution in [0.25, 0.3) is 0 Å². The molecule has 3 rings (SSSR count). The van der Waals surface area contributed by atoms with Crippen molar-refractivity contribution >= 4 is 29.9 Å². The highest BCUT2D eigenvalue weighted by molar-refractivity contribution is 14.0. The molecule has 1 saturated heterocycles. The molecule has 0 spiro atoms. The molecule has 0 radical (unpaired) electrons. The van der Waals surface area contributed by atoms with Crippen LogP contribution < -0.4 is 20.1 Å². The summed E-state index contributed by atoms with van der Waals surface area (Å²) < 4.78 is 17.0. The van der Waals surface area contributed by atoms with Crippen LogP contribution in [0.4, 0.5) is 0 Å². The van der Waals surface area contributed by atoms with Gasteiger partial charge in [-0.15, -0.1) is 24.0 Å². The molecule has 1 heterocycles. The standard InChI is InChI=1S/C22H29N3O3.HI/c1-16-8-9-18(21(12-16)28-19-10-11-27-15-19)14-25-22(23-2)24-13-17-6-4-5-7-20(17)26-3;/h4-9,12,19H,10-11,13-15H2,1-3H3,(H2,23,24,25);1H. The van der Waals surface area contributed by atoms with Crippen molar-refractivity contribution < 1.29 is 14.2 Å². The Morgan fingerprint density at radius 2 is 1.83 bits per heavy atom. The van der Waals surface area contributed by atoms with Crippen LogP contribution in [0, 0.1) is 6.92 Å². The summed E-state index contributed by atoms with van der Waals surface area (Å²) in [6.45, 7) is 4.74. The topological polar surface area (TPSA) is 64.1 Å². The van der Waals surface area contributed by atoms with Gasteiger partial charge in [0.25, 0.3) is 0 Å². The molecule has 1 fully saturated rings. The zero-order valence-electron chi connectivity index (χ0n) is 17.2. The van der Waals surface area contributed by atoms with Crippen molar-refractivity contribution in [3.8, 4) is 11.5 Å². The molecular weight excluding hydrogens is 481 g/mol. The highest BCUT2D eigenvalue weighted by Crippen LogP contribution is 2.24. The van der Waals surface area contributed by atoms with Crippen LogP contribution in [0.1, 0.15) is 23.1 Å². The zero-order valence-corrected chi connectivity index (χ0v) is 19.6. The van der Waals surface area contributed by atoms with Crippen molar-refractivity contribution in [1.82, 2.24) is 10.6 Å². The largest absolute Gasteiger partial charge is 0.496 e. The molecule has 2 aromatic rings. The molecule has 6 nitrogen and oxygen atoms in total. The van der Waals surface area contributed by atoms with Gasteiger partial charge in [0.1, 0.15) is 17.6 Å². The van der Waals surface area contributed by atoms with Crippen molar-refractivity contribution in [3.05, 3.63) is 59.2 Å². The van der Waals surface area contributed by atoms with E-state index in [0.29, 0.717) is 19.7 Å². The first-order valence-electron chi connectivity index (χ1n) is 9.60. The lowest BCUT2D eigenvalue weighted by molar-refractivity contribution is 0.140. The second-order valence-corrected chi connectivity index (χ2v) is 6.81. The van der Waals surface area contributed by atoms with Gasteiger partial charge in [-0.25, -0.2) is 0 Å². The Kier molecular flexibility index (Phi) is 9.53. The predicted octanol–water partition coefficient (Wildman–Crippen LogP) is 3.65. The minimum absolute atomic E-state index is 0. The van der Waals surface area contributed by atoms with Gasteiger partial charge in [-0.3, -0.25) is 4.99 Å². The first kappa shape index (κ1) is 23.3. The predicted molar refractivity (Wildman–Crippen MR) is 126 cm³/mol. The molecule has 29 heavy (non-hydrogen) atoms. The second-order valence-electron chi connectivity index (χ2n) is 6.81. The van der Waals surface area contributed by atoms with Gasteiger partial charge in [-0.05, 0) is 24.6 Å². The number of rotatable bonds is 7. The van der Waals surface area contributed by atoms with Gasteiger partial charge in [-0.2, -0.15) is 0 Å². The van der Waals surface area contributed by atoms with Crippen LogP contribution in [0.2, 0.25) is 0 Å². The smallest absolute Gasteiger partial charge is 0.191 e. The fourth-order valence-electron chi connectivity index (χ4n) is 3.13. The lowest BCUT2D eigenvalue weighted by Crippen LogP contribution is -2.36. The molecule has 0 aromatic heterocycles. The van der Waals surface area contributed by atoms with E-state index >= 15 is 0 Å². The molecule has 0 aliphatic carbocycles. The summed E-state index contributed by atoms with van der Waals surface area (Å²) in [6, 6.07) is 14.2. The van der Waals surface area contributed by atoms with E-state index in [1.807, 2.05) is 24.3 Å². The summed E-state index contributed by atoms with van der Waals surface area (Å²) in [4.78, 5) is 4.32. The summed E-state index contributed by atoms with van der Waals surface area (Å²) in [6.07, 6.45) is 1.06. The van der Waals surface area contributed by atoms with E-state index in [1.165, 1.54) is 5.56 Å². The number of nitrogens with zero attached hydrogens (tertiary/aromatic N) is 1. The van der Waals surface area contributed by atoms with Gasteiger partial charge in [0, 0.05) is 37.7 Å². The van der Waals surface area contributed by atoms with Crippen LogP contribution >= 0.6 is 24.0 Å². The number of hydrogen-bond donors (Lipinski definition) is 2. The number of para-hydroxylation sites is 1. The summed E-state index contributed by atoms with van der Waals surface area (Å²) in [5.74, 6) is 2.49. The Morgan fingerprint density at radius 1 is 1.10 bits per heavy atom. The lowest BCUT2D eigenvalue weighted by atomic mass is 10.1. The van der Waals surface area contributed by atoms with Gasteiger partial charge in [-0.1, -0.05) is 30.3 Å². The Morgan fingerprint density at radius 3 is 2.48 bits per heavy atom. The molecule has 7 heteroatoms. The number of hydrogen-bond acceptors (Lipinski definition) is 4. The van der Waals surface area contributed by atoms with Crippen molar-refractivity contribution in [2.24, 2.45) is 4.99 Å². The summed E-state index contributed by atoms with van der Waals surface area (Å²) in [7, 11) is 3.44. The third-order valence-corrected chi connectivity index (χ3v) is 4.71. The van der Waals surface area contributed by atoms with Crippen LogP contribution in [-0.2, 0) is 17.8 Å². The van der Waals surface area contributed by atoms with Crippen LogP contribution in [-0.4, -0.2) is 39.4 Å². The molecule has 1 aliphatic heterocycles. The van der Waals surface area contributed by atoms with Gasteiger partial charge >= 0.3 is 0 Å². The zero-order chi connectivity index (χ0) is 19.8. The van der Waals surface area contributed by atoms with Gasteiger partial charge in [0.15, 0.2) is 5.96 Å². The Balaban J connectivity index is 0.00000300. The minimum atomic E-state index is 0. The third-order valence-electron chi connectivity index (χ3n) is 4.71. The third kappa shape index (κ3) is 6.78. The molecule has 0 bridgehead atoms. The number of aliphatic imine (C=N–C) groups is 1. The van der Waals surface area contributed by atoms with E-state index < -0.39 is 0 Å². The van der Waals surface area contributed by atoms with Crippen molar-refractivity contribution in [1.29, 1.82) is 0 Å². The second kappa shape index (κ2) is 11.9. The average molecular weight is 511 g/mol. The number of nitrogens with one attached hydrogen (secondary N) is 2. The molecule has 1 atom stereocenters. The maximum Gasteiger partial charge on any atom is 0.191 e. The molecule has 1 aliphatic rings. The van der Waals surface area contributed by atoms with E-state index in [2.05, 4.69) is 40.7 Å². The highest BCUT2D eigenvalue weighted by atomic mass is 127. The van der Waals surface area contributed by atoms with Gasteiger partial charge in [0.2, 0.25) is 0 Å². The number of halogens is 1. The molecule has 0 saturated carbocycles. The lowest BCUT2D eigenvalue weighted by Gasteiger charge is -2.18. The SMILES string of the molecule is CN=C(NCc1ccccc1OC)NCc1ccc(C)cc1OC1CCOC1.I. The first-order chi connectivity index (χ1) is 13.7. The molecule has 1 unspecified atom stereocenters. The maximum absolute atomic E-state index is 6.17. The summed E-state index contributed by atoms with van der Waals surface area (Å²) in [5.41, 5.74) is 3.35. The summed E-state index contributed by atoms with van der Waals surface area (Å²) >= 11 is 0. The molecule has 2 N–H and O–H groups in total. The fraction of sp³-hybridized carbons (Fsp3) is 0.409. The van der Waals surface area contributed by atoms with Crippen molar-refractivity contribution in [2.45, 2.75) is 32.5 Å². The normalized spacial score (nSPS) is 16.1. The van der Waals surface area contributed by atoms with Gasteiger partial charge in [0.05, 0.1) is 20.3 Å². The minimum Gasteiger partial charge on any atom is -0.496 e. The molecule has 0 amide bonds. The van der Waals surface area contributed by atoms with Crippen LogP contribution in [0.5, 0.6) is 11.5 Å². The maximum atomic E-state index is 6.17. The van der Waals surface area contributed by atoms with E-state index in [9.17, 15) is 0 Å². The van der Waals surface area contributed by atoms with Crippen molar-refractivity contribution in [2.75, 3.05) is 27.4 Å². The number of benzene rings is 2. The number of ether oxygens (including phenoxy) is 3. The number of methoxy groups -OCH3 is 1. The average Bonchev–Trinajstić information content (AvgIpc) is 3.22. The molecular formula is C22H30IN3O3. The van der Waals surface area contributed by atoms with Crippen LogP contribution in [0.15, 0.2) is 47.5 Å².